The first-order chi connectivity index (χ1) is 9.02. The van der Waals surface area contributed by atoms with E-state index < -0.39 is 37.3 Å². The molecule has 0 aliphatic carbocycles. The molecule has 1 aromatic carbocycles. The molecule has 1 fully saturated rings. The molecule has 1 heterocycles. The Morgan fingerprint density at radius 1 is 1.16 bits per heavy atom. The van der Waals surface area contributed by atoms with Crippen molar-refractivity contribution in [2.45, 2.75) is 30.7 Å². The molecule has 4 N–H and O–H groups in total. The van der Waals surface area contributed by atoms with Gasteiger partial charge in [-0.05, 0) is 18.2 Å². The van der Waals surface area contributed by atoms with Gasteiger partial charge in [-0.2, -0.15) is 0 Å². The normalized spacial score (nSPS) is 35.1. The smallest absolute Gasteiger partial charge is 0.229 e. The van der Waals surface area contributed by atoms with Crippen LogP contribution in [-0.4, -0.2) is 57.7 Å². The largest absolute Gasteiger partial charge is 0.462 e. The fourth-order valence-corrected chi connectivity index (χ4v) is 2.02. The van der Waals surface area contributed by atoms with Gasteiger partial charge in [-0.1, -0.05) is 17.7 Å². The van der Waals surface area contributed by atoms with E-state index in [2.05, 4.69) is 0 Å². The number of benzene rings is 1. The molecular formula is C12H15ClO6. The van der Waals surface area contributed by atoms with Crippen LogP contribution in [0, 0.1) is 0 Å². The molecule has 0 amide bonds. The van der Waals surface area contributed by atoms with Gasteiger partial charge in [0.2, 0.25) is 6.29 Å². The Kier molecular flexibility index (Phi) is 4.62. The number of ether oxygens (including phenoxy) is 2. The average molecular weight is 291 g/mol. The lowest BCUT2D eigenvalue weighted by Crippen LogP contribution is -2.60. The maximum atomic E-state index is 9.78. The van der Waals surface area contributed by atoms with Gasteiger partial charge in [0.05, 0.1) is 6.61 Å². The van der Waals surface area contributed by atoms with Gasteiger partial charge in [0.1, 0.15) is 30.2 Å². The molecule has 6 nitrogen and oxygen atoms in total. The first-order valence-electron chi connectivity index (χ1n) is 5.75. The first kappa shape index (κ1) is 14.5. The average Bonchev–Trinajstić information content (AvgIpc) is 2.39. The molecule has 1 aliphatic heterocycles. The predicted octanol–water partition coefficient (Wildman–Crippen LogP) is -0.481. The van der Waals surface area contributed by atoms with Crippen LogP contribution in [-0.2, 0) is 4.74 Å². The van der Waals surface area contributed by atoms with Crippen LogP contribution in [0.5, 0.6) is 5.75 Å². The molecule has 106 valence electrons. The van der Waals surface area contributed by atoms with Crippen molar-refractivity contribution >= 4 is 11.6 Å². The molecule has 0 saturated carbocycles. The lowest BCUT2D eigenvalue weighted by molar-refractivity contribution is -0.277. The minimum atomic E-state index is -1.46. The summed E-state index contributed by atoms with van der Waals surface area (Å²) in [7, 11) is 0. The molecule has 0 spiro atoms. The topological polar surface area (TPSA) is 99.4 Å². The Hall–Kier alpha value is -0.890. The fraction of sp³-hybridized carbons (Fsp3) is 0.500. The van der Waals surface area contributed by atoms with E-state index in [4.69, 9.17) is 26.2 Å². The van der Waals surface area contributed by atoms with Crippen molar-refractivity contribution in [1.82, 2.24) is 0 Å². The van der Waals surface area contributed by atoms with Crippen molar-refractivity contribution in [1.29, 1.82) is 0 Å². The third-order valence-electron chi connectivity index (χ3n) is 2.90. The van der Waals surface area contributed by atoms with Crippen LogP contribution in [0.3, 0.4) is 0 Å². The van der Waals surface area contributed by atoms with Gasteiger partial charge < -0.3 is 29.9 Å². The van der Waals surface area contributed by atoms with Gasteiger partial charge in [-0.15, -0.1) is 0 Å². The highest BCUT2D eigenvalue weighted by Gasteiger charge is 2.44. The zero-order valence-corrected chi connectivity index (χ0v) is 10.6. The van der Waals surface area contributed by atoms with E-state index in [-0.39, 0.29) is 0 Å². The summed E-state index contributed by atoms with van der Waals surface area (Å²) in [5.74, 6) is 0.344. The van der Waals surface area contributed by atoms with Crippen LogP contribution < -0.4 is 4.74 Å². The molecule has 7 heteroatoms. The zero-order chi connectivity index (χ0) is 14.0. The third kappa shape index (κ3) is 3.17. The summed E-state index contributed by atoms with van der Waals surface area (Å²) in [6.45, 7) is -0.500. The van der Waals surface area contributed by atoms with Gasteiger partial charge in [0.15, 0.2) is 0 Å². The SMILES string of the molecule is OC[C@H]1O[C@H](Oc2cccc(Cl)c2)[C@H](O)[C@H](O)[C@H]1O. The van der Waals surface area contributed by atoms with Crippen LogP contribution in [0.1, 0.15) is 0 Å². The molecule has 0 aromatic heterocycles. The van der Waals surface area contributed by atoms with E-state index >= 15 is 0 Å². The van der Waals surface area contributed by atoms with Gasteiger partial charge >= 0.3 is 0 Å². The van der Waals surface area contributed by atoms with E-state index in [1.165, 1.54) is 6.07 Å². The molecule has 1 aromatic rings. The van der Waals surface area contributed by atoms with Crippen molar-refractivity contribution in [3.63, 3.8) is 0 Å². The quantitative estimate of drug-likeness (QED) is 0.600. The summed E-state index contributed by atoms with van der Waals surface area (Å²) in [4.78, 5) is 0. The van der Waals surface area contributed by atoms with Crippen LogP contribution in [0.4, 0.5) is 0 Å². The molecule has 19 heavy (non-hydrogen) atoms. The minimum absolute atomic E-state index is 0.344. The molecule has 2 rings (SSSR count). The van der Waals surface area contributed by atoms with E-state index in [1.807, 2.05) is 0 Å². The Morgan fingerprint density at radius 2 is 1.89 bits per heavy atom. The lowest BCUT2D eigenvalue weighted by Gasteiger charge is -2.39. The third-order valence-corrected chi connectivity index (χ3v) is 3.13. The van der Waals surface area contributed by atoms with Crippen molar-refractivity contribution < 1.29 is 29.9 Å². The molecular weight excluding hydrogens is 276 g/mol. The maximum Gasteiger partial charge on any atom is 0.229 e. The first-order valence-corrected chi connectivity index (χ1v) is 6.13. The molecule has 0 bridgehead atoms. The summed E-state index contributed by atoms with van der Waals surface area (Å²) >= 11 is 5.79. The zero-order valence-electron chi connectivity index (χ0n) is 9.89. The van der Waals surface area contributed by atoms with E-state index in [0.717, 1.165) is 0 Å². The number of aliphatic hydroxyl groups excluding tert-OH is 4. The van der Waals surface area contributed by atoms with Gasteiger partial charge in [0.25, 0.3) is 0 Å². The van der Waals surface area contributed by atoms with Gasteiger partial charge in [-0.3, -0.25) is 0 Å². The Bertz CT molecular complexity index is 426. The van der Waals surface area contributed by atoms with Crippen molar-refractivity contribution in [2.75, 3.05) is 6.61 Å². The lowest BCUT2D eigenvalue weighted by atomic mass is 9.99. The number of hydrogen-bond donors (Lipinski definition) is 4. The van der Waals surface area contributed by atoms with Crippen molar-refractivity contribution in [2.24, 2.45) is 0 Å². The van der Waals surface area contributed by atoms with E-state index in [9.17, 15) is 15.3 Å². The maximum absolute atomic E-state index is 9.78. The van der Waals surface area contributed by atoms with Gasteiger partial charge in [-0.25, -0.2) is 0 Å². The number of hydrogen-bond acceptors (Lipinski definition) is 6. The monoisotopic (exact) mass is 290 g/mol. The van der Waals surface area contributed by atoms with Gasteiger partial charge in [0, 0.05) is 5.02 Å². The Morgan fingerprint density at radius 3 is 2.53 bits per heavy atom. The van der Waals surface area contributed by atoms with Crippen LogP contribution >= 0.6 is 11.6 Å². The van der Waals surface area contributed by atoms with Crippen LogP contribution in [0.25, 0.3) is 0 Å². The second kappa shape index (κ2) is 6.04. The predicted molar refractivity (Wildman–Crippen MR) is 65.8 cm³/mol. The molecule has 1 aliphatic rings. The van der Waals surface area contributed by atoms with E-state index in [1.54, 1.807) is 18.2 Å². The van der Waals surface area contributed by atoms with Crippen molar-refractivity contribution in [3.05, 3.63) is 29.3 Å². The highest BCUT2D eigenvalue weighted by atomic mass is 35.5. The summed E-state index contributed by atoms with van der Waals surface area (Å²) in [6, 6.07) is 6.43. The van der Waals surface area contributed by atoms with E-state index in [0.29, 0.717) is 10.8 Å². The Balaban J connectivity index is 2.10. The molecule has 1 saturated heterocycles. The highest BCUT2D eigenvalue weighted by molar-refractivity contribution is 6.30. The number of aliphatic hydroxyl groups is 4. The second-order valence-corrected chi connectivity index (χ2v) is 4.71. The number of halogens is 1. The Labute approximate surface area is 114 Å². The van der Waals surface area contributed by atoms with Crippen LogP contribution in [0.2, 0.25) is 5.02 Å². The summed E-state index contributed by atoms with van der Waals surface area (Å²) in [5, 5.41) is 38.5. The fourth-order valence-electron chi connectivity index (χ4n) is 1.84. The summed E-state index contributed by atoms with van der Waals surface area (Å²) < 4.78 is 10.6. The second-order valence-electron chi connectivity index (χ2n) is 4.27. The van der Waals surface area contributed by atoms with Crippen molar-refractivity contribution in [3.8, 4) is 5.75 Å². The molecule has 0 unspecified atom stereocenters. The summed E-state index contributed by atoms with van der Waals surface area (Å²) in [6.07, 6.45) is -6.50. The van der Waals surface area contributed by atoms with Crippen LogP contribution in [0.15, 0.2) is 24.3 Å². The minimum Gasteiger partial charge on any atom is -0.462 e. The summed E-state index contributed by atoms with van der Waals surface area (Å²) in [5.41, 5.74) is 0. The molecule has 5 atom stereocenters. The molecule has 0 radical (unpaired) electrons. The number of rotatable bonds is 3. The highest BCUT2D eigenvalue weighted by Crippen LogP contribution is 2.25. The standard InChI is InChI=1S/C12H15ClO6/c13-6-2-1-3-7(4-6)18-12-11(17)10(16)9(15)8(5-14)19-12/h1-4,8-12,14-17H,5H2/t8-,9+,10-,11-,12+/m1/s1.